The molecule has 1 N–H and O–H groups in total. The third-order valence-corrected chi connectivity index (χ3v) is 8.33. The topological polar surface area (TPSA) is 105 Å². The fourth-order valence-electron chi connectivity index (χ4n) is 4.34. The second-order valence-corrected chi connectivity index (χ2v) is 10.9. The van der Waals surface area contributed by atoms with Crippen molar-refractivity contribution in [1.29, 1.82) is 0 Å². The quantitative estimate of drug-likeness (QED) is 0.532. The summed E-state index contributed by atoms with van der Waals surface area (Å²) in [6, 6.07) is 12.1. The van der Waals surface area contributed by atoms with Gasteiger partial charge in [-0.2, -0.15) is 4.31 Å². The minimum atomic E-state index is -3.61. The zero-order valence-corrected chi connectivity index (χ0v) is 20.6. The molecule has 1 heterocycles. The summed E-state index contributed by atoms with van der Waals surface area (Å²) in [5, 5.41) is 10.5. The molecule has 1 amide bonds. The molecule has 1 aliphatic carbocycles. The Bertz CT molecular complexity index is 1260. The molecule has 1 saturated carbocycles. The zero-order chi connectivity index (χ0) is 24.3. The number of hydrogen-bond acceptors (Lipinski definition) is 6. The number of sulfonamides is 1. The summed E-state index contributed by atoms with van der Waals surface area (Å²) >= 11 is 0. The Hall–Kier alpha value is -3.04. The second kappa shape index (κ2) is 10.1. The Morgan fingerprint density at radius 1 is 1.06 bits per heavy atom. The number of aromatic nitrogens is 2. The Morgan fingerprint density at radius 3 is 2.44 bits per heavy atom. The van der Waals surface area contributed by atoms with Gasteiger partial charge in [-0.15, -0.1) is 5.10 Å². The number of benzene rings is 2. The number of carbonyl (C=O) groups excluding carboxylic acids is 1. The van der Waals surface area contributed by atoms with Gasteiger partial charge in [0.05, 0.1) is 11.3 Å². The van der Waals surface area contributed by atoms with E-state index in [1.165, 1.54) is 34.1 Å². The van der Waals surface area contributed by atoms with Crippen LogP contribution in [0.25, 0.3) is 0 Å². The highest BCUT2D eigenvalue weighted by atomic mass is 32.2. The van der Waals surface area contributed by atoms with Gasteiger partial charge in [-0.3, -0.25) is 10.1 Å². The fourth-order valence-corrected chi connectivity index (χ4v) is 5.75. The molecule has 34 heavy (non-hydrogen) atoms. The van der Waals surface area contributed by atoms with Gasteiger partial charge in [-0.1, -0.05) is 48.1 Å². The summed E-state index contributed by atoms with van der Waals surface area (Å²) in [4.78, 5) is 12.8. The number of carbonyl (C=O) groups is 1. The van der Waals surface area contributed by atoms with Crippen LogP contribution in [0.2, 0.25) is 0 Å². The van der Waals surface area contributed by atoms with Crippen LogP contribution in [-0.2, 0) is 16.4 Å². The van der Waals surface area contributed by atoms with Gasteiger partial charge < -0.3 is 4.42 Å². The van der Waals surface area contributed by atoms with Gasteiger partial charge in [0.25, 0.3) is 5.91 Å². The predicted molar refractivity (Wildman–Crippen MR) is 129 cm³/mol. The number of rotatable bonds is 7. The average molecular weight is 483 g/mol. The minimum Gasteiger partial charge on any atom is -0.407 e. The third-order valence-electron chi connectivity index (χ3n) is 6.41. The molecule has 4 rings (SSSR count). The standard InChI is InChI=1S/C25H30N4O4S/c1-17-9-10-20(18(2)15-17)16-23-27-28-25(33-23)26-24(30)19-11-13-22(14-12-19)34(31,32)29(3)21-7-5-4-6-8-21/h9-15,21H,4-8,16H2,1-3H3,(H,26,28,30). The van der Waals surface area contributed by atoms with E-state index in [-0.39, 0.29) is 17.0 Å². The first-order valence-electron chi connectivity index (χ1n) is 11.5. The van der Waals surface area contributed by atoms with Crippen LogP contribution in [0.1, 0.15) is 65.0 Å². The monoisotopic (exact) mass is 482 g/mol. The maximum Gasteiger partial charge on any atom is 0.322 e. The number of nitrogens with one attached hydrogen (secondary N) is 1. The number of anilines is 1. The number of amides is 1. The Balaban J connectivity index is 1.40. The van der Waals surface area contributed by atoms with E-state index in [4.69, 9.17) is 4.42 Å². The molecule has 180 valence electrons. The lowest BCUT2D eigenvalue weighted by molar-refractivity contribution is 0.102. The van der Waals surface area contributed by atoms with E-state index in [2.05, 4.69) is 21.6 Å². The van der Waals surface area contributed by atoms with E-state index in [1.807, 2.05) is 26.0 Å². The van der Waals surface area contributed by atoms with Gasteiger partial charge in [0.15, 0.2) is 0 Å². The van der Waals surface area contributed by atoms with Crippen LogP contribution in [0.4, 0.5) is 6.01 Å². The van der Waals surface area contributed by atoms with Gasteiger partial charge in [0.2, 0.25) is 15.9 Å². The molecular formula is C25H30N4O4S. The minimum absolute atomic E-state index is 0.00139. The molecule has 1 aromatic heterocycles. The molecule has 9 heteroatoms. The van der Waals surface area contributed by atoms with Crippen LogP contribution in [0.5, 0.6) is 0 Å². The van der Waals surface area contributed by atoms with Crippen molar-refractivity contribution < 1.29 is 17.6 Å². The van der Waals surface area contributed by atoms with Gasteiger partial charge in [0.1, 0.15) is 0 Å². The Morgan fingerprint density at radius 2 is 1.76 bits per heavy atom. The Labute approximate surface area is 200 Å². The molecule has 0 spiro atoms. The first kappa shape index (κ1) is 24.1. The van der Waals surface area contributed by atoms with Gasteiger partial charge in [-0.25, -0.2) is 8.42 Å². The molecule has 2 aromatic carbocycles. The van der Waals surface area contributed by atoms with Crippen molar-refractivity contribution in [2.45, 2.75) is 63.3 Å². The highest BCUT2D eigenvalue weighted by Gasteiger charge is 2.29. The molecule has 0 radical (unpaired) electrons. The summed E-state index contributed by atoms with van der Waals surface area (Å²) in [5.74, 6) is -0.0549. The van der Waals surface area contributed by atoms with Crippen molar-refractivity contribution in [2.75, 3.05) is 12.4 Å². The van der Waals surface area contributed by atoms with E-state index in [0.29, 0.717) is 17.9 Å². The molecule has 0 saturated heterocycles. The van der Waals surface area contributed by atoms with Crippen molar-refractivity contribution in [3.8, 4) is 0 Å². The first-order chi connectivity index (χ1) is 16.2. The smallest absolute Gasteiger partial charge is 0.322 e. The number of nitrogens with zero attached hydrogens (tertiary/aromatic N) is 3. The van der Waals surface area contributed by atoms with Crippen LogP contribution in [-0.4, -0.2) is 41.9 Å². The molecule has 1 aliphatic rings. The van der Waals surface area contributed by atoms with Crippen LogP contribution >= 0.6 is 0 Å². The first-order valence-corrected chi connectivity index (χ1v) is 13.0. The van der Waals surface area contributed by atoms with E-state index < -0.39 is 15.9 Å². The van der Waals surface area contributed by atoms with Gasteiger partial charge in [-0.05, 0) is 62.1 Å². The maximum absolute atomic E-state index is 13.0. The SMILES string of the molecule is Cc1ccc(Cc2nnc(NC(=O)c3ccc(S(=O)(=O)N(C)C4CCCCC4)cc3)o2)c(C)c1. The highest BCUT2D eigenvalue weighted by molar-refractivity contribution is 7.89. The summed E-state index contributed by atoms with van der Waals surface area (Å²) < 4.78 is 33.0. The normalized spacial score (nSPS) is 14.9. The lowest BCUT2D eigenvalue weighted by atomic mass is 9.96. The van der Waals surface area contributed by atoms with Crippen LogP contribution in [0.15, 0.2) is 51.8 Å². The van der Waals surface area contributed by atoms with E-state index >= 15 is 0 Å². The summed E-state index contributed by atoms with van der Waals surface area (Å²) in [5.41, 5.74) is 3.68. The van der Waals surface area contributed by atoms with E-state index in [0.717, 1.165) is 43.2 Å². The van der Waals surface area contributed by atoms with Crippen molar-refractivity contribution in [3.63, 3.8) is 0 Å². The average Bonchev–Trinajstić information content (AvgIpc) is 3.27. The van der Waals surface area contributed by atoms with E-state index in [9.17, 15) is 13.2 Å². The third kappa shape index (κ3) is 5.37. The van der Waals surface area contributed by atoms with Crippen molar-refractivity contribution in [2.24, 2.45) is 0 Å². The molecular weight excluding hydrogens is 452 g/mol. The second-order valence-electron chi connectivity index (χ2n) is 8.90. The van der Waals surface area contributed by atoms with Gasteiger partial charge >= 0.3 is 6.01 Å². The van der Waals surface area contributed by atoms with Crippen LogP contribution in [0.3, 0.4) is 0 Å². The van der Waals surface area contributed by atoms with E-state index in [1.54, 1.807) is 7.05 Å². The molecule has 0 aliphatic heterocycles. The summed E-state index contributed by atoms with van der Waals surface area (Å²) in [7, 11) is -1.98. The Kier molecular flexibility index (Phi) is 7.13. The summed E-state index contributed by atoms with van der Waals surface area (Å²) in [6.07, 6.45) is 5.48. The predicted octanol–water partition coefficient (Wildman–Crippen LogP) is 4.48. The maximum atomic E-state index is 13.0. The van der Waals surface area contributed by atoms with Crippen molar-refractivity contribution in [3.05, 3.63) is 70.6 Å². The lowest BCUT2D eigenvalue weighted by Gasteiger charge is -2.30. The van der Waals surface area contributed by atoms with Crippen molar-refractivity contribution >= 4 is 21.9 Å². The van der Waals surface area contributed by atoms with Gasteiger partial charge in [0, 0.05) is 18.7 Å². The zero-order valence-electron chi connectivity index (χ0n) is 19.7. The largest absolute Gasteiger partial charge is 0.407 e. The number of aryl methyl sites for hydroxylation is 2. The fraction of sp³-hybridized carbons (Fsp3) is 0.400. The highest BCUT2D eigenvalue weighted by Crippen LogP contribution is 2.26. The molecule has 0 unspecified atom stereocenters. The number of hydrogen-bond donors (Lipinski definition) is 1. The lowest BCUT2D eigenvalue weighted by Crippen LogP contribution is -2.38. The summed E-state index contributed by atoms with van der Waals surface area (Å²) in [6.45, 7) is 4.06. The van der Waals surface area contributed by atoms with Crippen LogP contribution in [0, 0.1) is 13.8 Å². The van der Waals surface area contributed by atoms with Crippen molar-refractivity contribution in [1.82, 2.24) is 14.5 Å². The molecule has 8 nitrogen and oxygen atoms in total. The molecule has 1 fully saturated rings. The molecule has 0 atom stereocenters. The van der Waals surface area contributed by atoms with Crippen LogP contribution < -0.4 is 5.32 Å². The molecule has 3 aromatic rings. The molecule has 0 bridgehead atoms.